The van der Waals surface area contributed by atoms with E-state index in [1.807, 2.05) is 76.3 Å². The third kappa shape index (κ3) is 2.86. The Morgan fingerprint density at radius 1 is 0.893 bits per heavy atom. The molecule has 0 spiro atoms. The molecule has 0 saturated carbocycles. The summed E-state index contributed by atoms with van der Waals surface area (Å²) in [5.74, 6) is 0.862. The van der Waals surface area contributed by atoms with Gasteiger partial charge in [-0.2, -0.15) is 0 Å². The topological polar surface area (TPSA) is 51.0 Å². The average Bonchev–Trinajstić information content (AvgIpc) is 3.28. The Hall–Kier alpha value is -3.12. The van der Waals surface area contributed by atoms with Crippen LogP contribution in [0, 0.1) is 0 Å². The van der Waals surface area contributed by atoms with E-state index in [9.17, 15) is 4.79 Å². The third-order valence-corrected chi connectivity index (χ3v) is 5.97. The normalized spacial score (nSPS) is 15.9. The van der Waals surface area contributed by atoms with Gasteiger partial charge in [-0.25, -0.2) is 4.68 Å². The zero-order chi connectivity index (χ0) is 18.9. The molecule has 0 saturated heterocycles. The highest BCUT2D eigenvalue weighted by atomic mass is 32.2. The summed E-state index contributed by atoms with van der Waals surface area (Å²) in [6, 6.07) is 25.9. The quantitative estimate of drug-likeness (QED) is 0.482. The second-order valence-corrected chi connectivity index (χ2v) is 7.81. The lowest BCUT2D eigenvalue weighted by Crippen LogP contribution is -2.34. The van der Waals surface area contributed by atoms with Gasteiger partial charge in [0.05, 0.1) is 5.52 Å². The maximum Gasteiger partial charge on any atom is 0.256 e. The fourth-order valence-corrected chi connectivity index (χ4v) is 4.56. The highest BCUT2D eigenvalue weighted by Crippen LogP contribution is 2.36. The summed E-state index contributed by atoms with van der Waals surface area (Å²) < 4.78 is 1.87. The molecule has 1 amide bonds. The molecule has 3 aromatic carbocycles. The summed E-state index contributed by atoms with van der Waals surface area (Å²) in [6.07, 6.45) is -0.271. The van der Waals surface area contributed by atoms with Crippen LogP contribution in [-0.4, -0.2) is 38.1 Å². The molecule has 0 aliphatic carbocycles. The van der Waals surface area contributed by atoms with Crippen molar-refractivity contribution in [3.63, 3.8) is 0 Å². The van der Waals surface area contributed by atoms with E-state index in [1.54, 1.807) is 11.8 Å². The van der Waals surface area contributed by atoms with Crippen LogP contribution in [0.15, 0.2) is 83.8 Å². The van der Waals surface area contributed by atoms with Crippen LogP contribution in [0.25, 0.3) is 11.0 Å². The van der Waals surface area contributed by atoms with Crippen LogP contribution < -0.4 is 0 Å². The lowest BCUT2D eigenvalue weighted by atomic mass is 10.1. The molecule has 2 heterocycles. The molecule has 1 aromatic heterocycles. The fraction of sp³-hybridized carbons (Fsp3) is 0.136. The minimum Gasteiger partial charge on any atom is -0.311 e. The molecule has 0 fully saturated rings. The number of hydrogen-bond donors (Lipinski definition) is 0. The minimum absolute atomic E-state index is 0.0499. The number of fused-ring (bicyclic) bond motifs is 2. The minimum atomic E-state index is -0.271. The zero-order valence-electron chi connectivity index (χ0n) is 15.1. The van der Waals surface area contributed by atoms with Crippen LogP contribution in [0.4, 0.5) is 0 Å². The zero-order valence-corrected chi connectivity index (χ0v) is 15.9. The summed E-state index contributed by atoms with van der Waals surface area (Å²) in [4.78, 5) is 16.2. The van der Waals surface area contributed by atoms with Crippen molar-refractivity contribution in [1.82, 2.24) is 19.9 Å². The van der Waals surface area contributed by atoms with Crippen molar-refractivity contribution in [3.8, 4) is 0 Å². The van der Waals surface area contributed by atoms with Gasteiger partial charge in [-0.1, -0.05) is 53.7 Å². The standard InChI is InChI=1S/C22H18N4OS/c27-22-18-11-5-4-10-17(18)21(26-20-13-7-6-12-19(20)23-24-26)25(22)14-15-28-16-8-2-1-3-9-16/h1-13,21H,14-15H2. The van der Waals surface area contributed by atoms with Gasteiger partial charge in [0.1, 0.15) is 5.52 Å². The second-order valence-electron chi connectivity index (χ2n) is 6.64. The molecule has 1 atom stereocenters. The Kier molecular flexibility index (Phi) is 4.33. The summed E-state index contributed by atoms with van der Waals surface area (Å²) in [6.45, 7) is 0.631. The van der Waals surface area contributed by atoms with E-state index in [-0.39, 0.29) is 12.1 Å². The SMILES string of the molecule is O=C1c2ccccc2C(n2nnc3ccccc32)N1CCSc1ccccc1. The number of amides is 1. The lowest BCUT2D eigenvalue weighted by molar-refractivity contribution is 0.0706. The Bertz CT molecular complexity index is 1140. The Labute approximate surface area is 167 Å². The molecule has 4 aromatic rings. The number of hydrogen-bond acceptors (Lipinski definition) is 4. The van der Waals surface area contributed by atoms with Crippen molar-refractivity contribution in [2.75, 3.05) is 12.3 Å². The predicted octanol–water partition coefficient (Wildman–Crippen LogP) is 4.23. The molecule has 28 heavy (non-hydrogen) atoms. The fourth-order valence-electron chi connectivity index (χ4n) is 3.68. The predicted molar refractivity (Wildman–Crippen MR) is 110 cm³/mol. The van der Waals surface area contributed by atoms with Gasteiger partial charge in [0, 0.05) is 28.3 Å². The van der Waals surface area contributed by atoms with Crippen LogP contribution in [0.1, 0.15) is 22.1 Å². The van der Waals surface area contributed by atoms with Gasteiger partial charge < -0.3 is 4.90 Å². The number of rotatable bonds is 5. The first kappa shape index (κ1) is 17.0. The molecule has 1 aliphatic rings. The monoisotopic (exact) mass is 386 g/mol. The first-order valence-electron chi connectivity index (χ1n) is 9.20. The first-order chi connectivity index (χ1) is 13.8. The van der Waals surface area contributed by atoms with Crippen molar-refractivity contribution in [2.45, 2.75) is 11.1 Å². The molecular formula is C22H18N4OS. The van der Waals surface area contributed by atoms with Crippen molar-refractivity contribution < 1.29 is 4.79 Å². The molecule has 1 aliphatic heterocycles. The van der Waals surface area contributed by atoms with Crippen LogP contribution in [0.3, 0.4) is 0 Å². The number of para-hydroxylation sites is 1. The van der Waals surface area contributed by atoms with Crippen LogP contribution in [0.2, 0.25) is 0 Å². The van der Waals surface area contributed by atoms with Gasteiger partial charge in [-0.3, -0.25) is 4.79 Å². The maximum atomic E-state index is 13.1. The molecular weight excluding hydrogens is 368 g/mol. The molecule has 0 bridgehead atoms. The Morgan fingerprint density at radius 3 is 2.54 bits per heavy atom. The van der Waals surface area contributed by atoms with E-state index in [1.165, 1.54) is 4.90 Å². The van der Waals surface area contributed by atoms with E-state index in [0.29, 0.717) is 6.54 Å². The molecule has 0 N–H and O–H groups in total. The van der Waals surface area contributed by atoms with E-state index < -0.39 is 0 Å². The van der Waals surface area contributed by atoms with Gasteiger partial charge in [0.15, 0.2) is 6.17 Å². The van der Waals surface area contributed by atoms with Crippen molar-refractivity contribution in [3.05, 3.63) is 90.0 Å². The van der Waals surface area contributed by atoms with E-state index in [2.05, 4.69) is 22.4 Å². The number of carbonyl (C=O) groups is 1. The highest BCUT2D eigenvalue weighted by Gasteiger charge is 2.38. The van der Waals surface area contributed by atoms with Crippen molar-refractivity contribution in [1.29, 1.82) is 0 Å². The number of aromatic nitrogens is 3. The molecule has 1 unspecified atom stereocenters. The van der Waals surface area contributed by atoms with E-state index >= 15 is 0 Å². The maximum absolute atomic E-state index is 13.1. The van der Waals surface area contributed by atoms with Gasteiger partial charge in [-0.15, -0.1) is 16.9 Å². The van der Waals surface area contributed by atoms with Gasteiger partial charge in [0.2, 0.25) is 0 Å². The summed E-state index contributed by atoms with van der Waals surface area (Å²) in [5, 5.41) is 8.69. The number of carbonyl (C=O) groups excluding carboxylic acids is 1. The summed E-state index contributed by atoms with van der Waals surface area (Å²) in [7, 11) is 0. The average molecular weight is 386 g/mol. The van der Waals surface area contributed by atoms with Gasteiger partial charge in [0.25, 0.3) is 5.91 Å². The Balaban J connectivity index is 1.49. The van der Waals surface area contributed by atoms with Crippen LogP contribution in [0.5, 0.6) is 0 Å². The number of thioether (sulfide) groups is 1. The molecule has 138 valence electrons. The first-order valence-corrected chi connectivity index (χ1v) is 10.2. The Morgan fingerprint density at radius 2 is 1.64 bits per heavy atom. The lowest BCUT2D eigenvalue weighted by Gasteiger charge is -2.25. The molecule has 6 heteroatoms. The molecule has 0 radical (unpaired) electrons. The van der Waals surface area contributed by atoms with Crippen LogP contribution >= 0.6 is 11.8 Å². The van der Waals surface area contributed by atoms with Gasteiger partial charge in [-0.05, 0) is 30.3 Å². The van der Waals surface area contributed by atoms with Crippen molar-refractivity contribution in [2.24, 2.45) is 0 Å². The largest absolute Gasteiger partial charge is 0.311 e. The smallest absolute Gasteiger partial charge is 0.256 e. The number of benzene rings is 3. The highest BCUT2D eigenvalue weighted by molar-refractivity contribution is 7.99. The van der Waals surface area contributed by atoms with Crippen LogP contribution in [-0.2, 0) is 0 Å². The van der Waals surface area contributed by atoms with E-state index in [0.717, 1.165) is 27.9 Å². The van der Waals surface area contributed by atoms with E-state index in [4.69, 9.17) is 0 Å². The van der Waals surface area contributed by atoms with Crippen molar-refractivity contribution >= 4 is 28.7 Å². The third-order valence-electron chi connectivity index (χ3n) is 4.98. The molecule has 5 rings (SSSR count). The van der Waals surface area contributed by atoms with Gasteiger partial charge >= 0.3 is 0 Å². The molecule has 5 nitrogen and oxygen atoms in total. The second kappa shape index (κ2) is 7.13. The summed E-state index contributed by atoms with van der Waals surface area (Å²) in [5.41, 5.74) is 3.49. The number of nitrogens with zero attached hydrogens (tertiary/aromatic N) is 4. The summed E-state index contributed by atoms with van der Waals surface area (Å²) >= 11 is 1.75.